The van der Waals surface area contributed by atoms with E-state index in [4.69, 9.17) is 16.3 Å². The largest absolute Gasteiger partial charge is 0.475 e. The molecule has 1 aromatic carbocycles. The topological polar surface area (TPSA) is 9.23 Å². The Morgan fingerprint density at radius 2 is 2.00 bits per heavy atom. The summed E-state index contributed by atoms with van der Waals surface area (Å²) in [6.45, 7) is 1.98. The molecule has 1 rings (SSSR count). The van der Waals surface area contributed by atoms with Crippen LogP contribution in [-0.2, 0) is 0 Å². The molecule has 0 aliphatic rings. The minimum atomic E-state index is -0.230. The molecule has 66 valence electrons. The summed E-state index contributed by atoms with van der Waals surface area (Å²) < 4.78 is 6.40. The normalized spacial score (nSPS) is 12.6. The van der Waals surface area contributed by atoms with Crippen LogP contribution in [0, 0.1) is 0 Å². The van der Waals surface area contributed by atoms with Gasteiger partial charge in [0.1, 0.15) is 5.75 Å². The molecule has 0 saturated heterocycles. The molecule has 0 amide bonds. The summed E-state index contributed by atoms with van der Waals surface area (Å²) >= 11 is 9.15. The van der Waals surface area contributed by atoms with Crippen molar-refractivity contribution in [3.05, 3.63) is 28.7 Å². The first kappa shape index (κ1) is 9.87. The Bertz CT molecular complexity index is 235. The number of rotatable bonds is 3. The maximum absolute atomic E-state index is 5.81. The highest BCUT2D eigenvalue weighted by atomic mass is 79.9. The second kappa shape index (κ2) is 4.73. The van der Waals surface area contributed by atoms with E-state index < -0.39 is 0 Å². The Morgan fingerprint density at radius 3 is 2.50 bits per heavy atom. The molecule has 1 nitrogen and oxygen atoms in total. The predicted molar refractivity (Wildman–Crippen MR) is 54.7 cm³/mol. The summed E-state index contributed by atoms with van der Waals surface area (Å²) in [5, 5.41) is 0. The van der Waals surface area contributed by atoms with E-state index in [0.29, 0.717) is 0 Å². The molecule has 0 aliphatic heterocycles. The van der Waals surface area contributed by atoms with Crippen LogP contribution in [0.5, 0.6) is 5.75 Å². The van der Waals surface area contributed by atoms with Gasteiger partial charge >= 0.3 is 0 Å². The van der Waals surface area contributed by atoms with Crippen molar-refractivity contribution in [3.8, 4) is 5.75 Å². The molecule has 0 aromatic heterocycles. The summed E-state index contributed by atoms with van der Waals surface area (Å²) in [5.41, 5.74) is -0.230. The minimum absolute atomic E-state index is 0.230. The first-order chi connectivity index (χ1) is 5.72. The number of hydrogen-bond acceptors (Lipinski definition) is 1. The fourth-order valence-corrected chi connectivity index (χ4v) is 1.11. The maximum Gasteiger partial charge on any atom is 0.171 e. The third-order valence-corrected chi connectivity index (χ3v) is 2.32. The van der Waals surface area contributed by atoms with Crippen LogP contribution in [-0.4, -0.2) is 5.56 Å². The van der Waals surface area contributed by atoms with Gasteiger partial charge in [0.25, 0.3) is 0 Å². The van der Waals surface area contributed by atoms with Gasteiger partial charge in [-0.2, -0.15) is 0 Å². The third-order valence-electron chi connectivity index (χ3n) is 1.40. The number of halogens is 2. The minimum Gasteiger partial charge on any atom is -0.475 e. The monoisotopic (exact) mass is 248 g/mol. The fourth-order valence-electron chi connectivity index (χ4n) is 0.744. The average molecular weight is 250 g/mol. The molecular formula is C9H10BrClO. The molecule has 0 N–H and O–H groups in total. The second-order valence-electron chi connectivity index (χ2n) is 2.39. The van der Waals surface area contributed by atoms with E-state index in [1.54, 1.807) is 0 Å². The van der Waals surface area contributed by atoms with Crippen molar-refractivity contribution >= 4 is 27.5 Å². The molecule has 12 heavy (non-hydrogen) atoms. The van der Waals surface area contributed by atoms with Crippen LogP contribution in [0.25, 0.3) is 0 Å². The highest BCUT2D eigenvalue weighted by Crippen LogP contribution is 2.18. The predicted octanol–water partition coefficient (Wildman–Crippen LogP) is 3.80. The van der Waals surface area contributed by atoms with Crippen molar-refractivity contribution in [3.63, 3.8) is 0 Å². The molecule has 0 radical (unpaired) electrons. The molecule has 3 heteroatoms. The van der Waals surface area contributed by atoms with Gasteiger partial charge in [0.05, 0.1) is 0 Å². The lowest BCUT2D eigenvalue weighted by Crippen LogP contribution is -2.05. The molecule has 0 saturated carbocycles. The highest BCUT2D eigenvalue weighted by molar-refractivity contribution is 9.10. The zero-order valence-corrected chi connectivity index (χ0v) is 9.10. The average Bonchev–Trinajstić information content (AvgIpc) is 2.09. The Kier molecular flexibility index (Phi) is 3.89. The van der Waals surface area contributed by atoms with E-state index in [1.807, 2.05) is 31.2 Å². The summed E-state index contributed by atoms with van der Waals surface area (Å²) in [7, 11) is 0. The van der Waals surface area contributed by atoms with E-state index >= 15 is 0 Å². The van der Waals surface area contributed by atoms with Crippen molar-refractivity contribution in [2.75, 3.05) is 0 Å². The zero-order valence-electron chi connectivity index (χ0n) is 6.76. The molecule has 1 aromatic rings. The summed E-state index contributed by atoms with van der Waals surface area (Å²) in [6, 6.07) is 7.62. The molecule has 1 unspecified atom stereocenters. The zero-order chi connectivity index (χ0) is 8.97. The molecule has 0 spiro atoms. The summed E-state index contributed by atoms with van der Waals surface area (Å²) in [6.07, 6.45) is 0.803. The lowest BCUT2D eigenvalue weighted by atomic mass is 10.3. The quantitative estimate of drug-likeness (QED) is 0.740. The fraction of sp³-hybridized carbons (Fsp3) is 0.333. The van der Waals surface area contributed by atoms with Crippen molar-refractivity contribution < 1.29 is 4.74 Å². The van der Waals surface area contributed by atoms with Crippen molar-refractivity contribution in [2.45, 2.75) is 18.9 Å². The van der Waals surface area contributed by atoms with Crippen LogP contribution >= 0.6 is 27.5 Å². The SMILES string of the molecule is CCC(Cl)Oc1ccc(Br)cc1. The van der Waals surface area contributed by atoms with E-state index in [9.17, 15) is 0 Å². The Morgan fingerprint density at radius 1 is 1.42 bits per heavy atom. The van der Waals surface area contributed by atoms with Crippen molar-refractivity contribution in [2.24, 2.45) is 0 Å². The van der Waals surface area contributed by atoms with E-state index in [2.05, 4.69) is 15.9 Å². The van der Waals surface area contributed by atoms with Gasteiger partial charge in [-0.15, -0.1) is 0 Å². The molecule has 0 bridgehead atoms. The van der Waals surface area contributed by atoms with Gasteiger partial charge in [0, 0.05) is 4.47 Å². The molecule has 1 atom stereocenters. The van der Waals surface area contributed by atoms with Gasteiger partial charge in [-0.1, -0.05) is 34.5 Å². The first-order valence-electron chi connectivity index (χ1n) is 3.78. The number of ether oxygens (including phenoxy) is 1. The maximum atomic E-state index is 5.81. The molecular weight excluding hydrogens is 239 g/mol. The Balaban J connectivity index is 2.58. The van der Waals surface area contributed by atoms with Crippen LogP contribution < -0.4 is 4.74 Å². The molecule has 0 fully saturated rings. The first-order valence-corrected chi connectivity index (χ1v) is 5.01. The van der Waals surface area contributed by atoms with Gasteiger partial charge < -0.3 is 4.74 Å². The van der Waals surface area contributed by atoms with Crippen LogP contribution in [0.2, 0.25) is 0 Å². The number of alkyl halides is 1. The standard InChI is InChI=1S/C9H10BrClO/c1-2-9(11)12-8-5-3-7(10)4-6-8/h3-6,9H,2H2,1H3. The van der Waals surface area contributed by atoms with Gasteiger partial charge in [0.2, 0.25) is 0 Å². The Labute approximate surface area is 85.8 Å². The van der Waals surface area contributed by atoms with Gasteiger partial charge in [-0.05, 0) is 30.7 Å². The lowest BCUT2D eigenvalue weighted by Gasteiger charge is -2.09. The van der Waals surface area contributed by atoms with Gasteiger partial charge in [0.15, 0.2) is 5.56 Å². The van der Waals surface area contributed by atoms with E-state index in [0.717, 1.165) is 16.6 Å². The second-order valence-corrected chi connectivity index (χ2v) is 3.79. The highest BCUT2D eigenvalue weighted by Gasteiger charge is 2.01. The summed E-state index contributed by atoms with van der Waals surface area (Å²) in [5.74, 6) is 0.806. The van der Waals surface area contributed by atoms with Crippen LogP contribution in [0.4, 0.5) is 0 Å². The number of hydrogen-bond donors (Lipinski definition) is 0. The Hall–Kier alpha value is -0.210. The van der Waals surface area contributed by atoms with Crippen LogP contribution in [0.1, 0.15) is 13.3 Å². The number of benzene rings is 1. The van der Waals surface area contributed by atoms with E-state index in [1.165, 1.54) is 0 Å². The van der Waals surface area contributed by atoms with Crippen LogP contribution in [0.15, 0.2) is 28.7 Å². The summed E-state index contributed by atoms with van der Waals surface area (Å²) in [4.78, 5) is 0. The van der Waals surface area contributed by atoms with Crippen molar-refractivity contribution in [1.82, 2.24) is 0 Å². The molecule has 0 heterocycles. The van der Waals surface area contributed by atoms with Gasteiger partial charge in [-0.25, -0.2) is 0 Å². The van der Waals surface area contributed by atoms with Gasteiger partial charge in [-0.3, -0.25) is 0 Å². The van der Waals surface area contributed by atoms with Crippen molar-refractivity contribution in [1.29, 1.82) is 0 Å². The van der Waals surface area contributed by atoms with Crippen LogP contribution in [0.3, 0.4) is 0 Å². The third kappa shape index (κ3) is 3.03. The van der Waals surface area contributed by atoms with E-state index in [-0.39, 0.29) is 5.56 Å². The molecule has 0 aliphatic carbocycles. The lowest BCUT2D eigenvalue weighted by molar-refractivity contribution is 0.277. The smallest absolute Gasteiger partial charge is 0.171 e.